The normalized spacial score (nSPS) is 19.6. The van der Waals surface area contributed by atoms with Gasteiger partial charge in [-0.2, -0.15) is 13.2 Å². The maximum atomic E-state index is 12.8. The molecule has 0 spiro atoms. The van der Waals surface area contributed by atoms with Crippen molar-refractivity contribution in [1.82, 2.24) is 8.96 Å². The number of hydrogen-bond acceptors (Lipinski definition) is 4. The van der Waals surface area contributed by atoms with Gasteiger partial charge in [0.15, 0.2) is 23.9 Å². The van der Waals surface area contributed by atoms with E-state index in [4.69, 9.17) is 9.47 Å². The van der Waals surface area contributed by atoms with Gasteiger partial charge in [0.2, 0.25) is 0 Å². The highest BCUT2D eigenvalue weighted by Crippen LogP contribution is 2.39. The summed E-state index contributed by atoms with van der Waals surface area (Å²) in [6.45, 7) is 0.665. The number of hydrogen-bond donors (Lipinski definition) is 0. The number of aromatic nitrogens is 2. The molecule has 2 heterocycles. The van der Waals surface area contributed by atoms with Crippen molar-refractivity contribution in [3.8, 4) is 0 Å². The zero-order valence-electron chi connectivity index (χ0n) is 10.0. The Bertz CT molecular complexity index is 443. The zero-order valence-corrected chi connectivity index (χ0v) is 10.9. The number of imidazole rings is 1. The molecule has 0 aromatic carbocycles. The summed E-state index contributed by atoms with van der Waals surface area (Å²) in [7, 11) is 1.38. The fourth-order valence-electron chi connectivity index (χ4n) is 2.08. The molecule has 9 heteroatoms. The van der Waals surface area contributed by atoms with Crippen molar-refractivity contribution in [2.45, 2.75) is 24.6 Å². The maximum Gasteiger partial charge on any atom is 0.434 e. The van der Waals surface area contributed by atoms with E-state index in [2.05, 4.69) is 4.98 Å². The van der Waals surface area contributed by atoms with E-state index in [-0.39, 0.29) is 18.2 Å². The third-order valence-corrected chi connectivity index (χ3v) is 3.57. The van der Waals surface area contributed by atoms with Crippen LogP contribution in [0.1, 0.15) is 24.4 Å². The van der Waals surface area contributed by atoms with Crippen LogP contribution in [0.15, 0.2) is 6.20 Å². The molecule has 0 aliphatic carbocycles. The lowest BCUT2D eigenvalue weighted by molar-refractivity contribution is -0.141. The van der Waals surface area contributed by atoms with Gasteiger partial charge in [-0.05, 0) is 0 Å². The molecule has 108 valence electrons. The Kier molecular flexibility index (Phi) is 4.07. The van der Waals surface area contributed by atoms with Crippen molar-refractivity contribution in [3.05, 3.63) is 17.7 Å². The first-order valence-corrected chi connectivity index (χ1v) is 6.19. The van der Waals surface area contributed by atoms with E-state index in [0.29, 0.717) is 32.3 Å². The summed E-state index contributed by atoms with van der Waals surface area (Å²) in [6, 6.07) is 0. The molecule has 0 saturated carbocycles. The Morgan fingerprint density at radius 2 is 2.05 bits per heavy atom. The van der Waals surface area contributed by atoms with E-state index in [1.165, 1.54) is 7.11 Å². The number of halogens is 4. The number of rotatable bonds is 3. The third-order valence-electron chi connectivity index (χ3n) is 3.14. The molecule has 0 atom stereocenters. The molecule has 4 nitrogen and oxygen atoms in total. The minimum atomic E-state index is -4.62. The average Bonchev–Trinajstić information content (AvgIpc) is 2.84. The van der Waals surface area contributed by atoms with Gasteiger partial charge in [0, 0.05) is 33.2 Å². The Morgan fingerprint density at radius 3 is 2.53 bits per heavy atom. The van der Waals surface area contributed by atoms with Gasteiger partial charge in [0.05, 0.1) is 6.20 Å². The predicted octanol–water partition coefficient (Wildman–Crippen LogP) is 2.93. The van der Waals surface area contributed by atoms with Gasteiger partial charge in [0.25, 0.3) is 0 Å². The number of ether oxygens (including phenoxy) is 2. The summed E-state index contributed by atoms with van der Waals surface area (Å²) < 4.78 is 62.0. The highest BCUT2D eigenvalue weighted by Gasteiger charge is 2.43. The highest BCUT2D eigenvalue weighted by atomic mass is 32.2. The standard InChI is InChI=1S/C10H12F4N2O2S/c1-17-9(2-4-18-5-3-9)8-15-7(10(11,12)13)6-16(8)19-14/h6H,2-5H2,1H3. The second-order valence-corrected chi connectivity index (χ2v) is 4.68. The molecule has 2 rings (SSSR count). The minimum Gasteiger partial charge on any atom is -0.381 e. The molecule has 0 unspecified atom stereocenters. The summed E-state index contributed by atoms with van der Waals surface area (Å²) in [5.41, 5.74) is -2.17. The van der Waals surface area contributed by atoms with Crippen molar-refractivity contribution in [3.63, 3.8) is 0 Å². The average molecular weight is 300 g/mol. The van der Waals surface area contributed by atoms with Gasteiger partial charge in [-0.25, -0.2) is 8.96 Å². The van der Waals surface area contributed by atoms with E-state index in [0.717, 1.165) is 3.97 Å². The Labute approximate surface area is 111 Å². The summed E-state index contributed by atoms with van der Waals surface area (Å²) in [4.78, 5) is 3.52. The summed E-state index contributed by atoms with van der Waals surface area (Å²) in [5, 5.41) is 0. The van der Waals surface area contributed by atoms with Crippen LogP contribution in [0.4, 0.5) is 17.1 Å². The Morgan fingerprint density at radius 1 is 1.42 bits per heavy atom. The van der Waals surface area contributed by atoms with Crippen LogP contribution in [-0.4, -0.2) is 29.3 Å². The van der Waals surface area contributed by atoms with Crippen LogP contribution in [-0.2, 0) is 21.3 Å². The molecule has 1 saturated heterocycles. The monoisotopic (exact) mass is 300 g/mol. The first-order chi connectivity index (χ1) is 8.93. The van der Waals surface area contributed by atoms with Gasteiger partial charge in [0.1, 0.15) is 5.60 Å². The zero-order chi connectivity index (χ0) is 14.1. The highest BCUT2D eigenvalue weighted by molar-refractivity contribution is 7.92. The largest absolute Gasteiger partial charge is 0.434 e. The molecule has 1 aromatic rings. The second kappa shape index (κ2) is 5.29. The fraction of sp³-hybridized carbons (Fsp3) is 0.700. The fourth-order valence-corrected chi connectivity index (χ4v) is 2.49. The maximum absolute atomic E-state index is 12.8. The van der Waals surface area contributed by atoms with Crippen LogP contribution in [0.3, 0.4) is 0 Å². The first kappa shape index (κ1) is 14.6. The Balaban J connectivity index is 2.44. The lowest BCUT2D eigenvalue weighted by Gasteiger charge is -2.34. The van der Waals surface area contributed by atoms with Crippen LogP contribution in [0.25, 0.3) is 0 Å². The second-order valence-electron chi connectivity index (χ2n) is 4.15. The predicted molar refractivity (Wildman–Crippen MR) is 60.1 cm³/mol. The van der Waals surface area contributed by atoms with Crippen LogP contribution in [0.2, 0.25) is 0 Å². The first-order valence-electron chi connectivity index (χ1n) is 5.52. The van der Waals surface area contributed by atoms with E-state index in [1.54, 1.807) is 0 Å². The van der Waals surface area contributed by atoms with Crippen molar-refractivity contribution in [2.24, 2.45) is 0 Å². The molecule has 0 bridgehead atoms. The number of methoxy groups -OCH3 is 1. The van der Waals surface area contributed by atoms with Crippen molar-refractivity contribution in [1.29, 1.82) is 0 Å². The van der Waals surface area contributed by atoms with Crippen molar-refractivity contribution in [2.75, 3.05) is 20.3 Å². The molecular formula is C10H12F4N2O2S. The molecule has 1 aliphatic heterocycles. The van der Waals surface area contributed by atoms with Crippen molar-refractivity contribution >= 4 is 12.3 Å². The molecule has 1 aliphatic rings. The van der Waals surface area contributed by atoms with Crippen LogP contribution < -0.4 is 0 Å². The molecule has 1 fully saturated rings. The number of alkyl halides is 3. The smallest absolute Gasteiger partial charge is 0.381 e. The summed E-state index contributed by atoms with van der Waals surface area (Å²) in [6.07, 6.45) is -3.32. The van der Waals surface area contributed by atoms with Gasteiger partial charge < -0.3 is 9.47 Å². The van der Waals surface area contributed by atoms with E-state index in [9.17, 15) is 17.1 Å². The Hall–Kier alpha value is -0.800. The van der Waals surface area contributed by atoms with E-state index in [1.807, 2.05) is 0 Å². The molecule has 0 amide bonds. The van der Waals surface area contributed by atoms with Gasteiger partial charge in [-0.3, -0.25) is 0 Å². The molecule has 19 heavy (non-hydrogen) atoms. The van der Waals surface area contributed by atoms with Gasteiger partial charge >= 0.3 is 6.18 Å². The molecule has 0 radical (unpaired) electrons. The third kappa shape index (κ3) is 2.72. The van der Waals surface area contributed by atoms with Crippen LogP contribution in [0, 0.1) is 0 Å². The van der Waals surface area contributed by atoms with Crippen LogP contribution >= 0.6 is 12.3 Å². The van der Waals surface area contributed by atoms with Crippen molar-refractivity contribution < 1.29 is 26.5 Å². The van der Waals surface area contributed by atoms with E-state index < -0.39 is 17.5 Å². The number of nitrogens with zero attached hydrogens (tertiary/aromatic N) is 2. The topological polar surface area (TPSA) is 36.3 Å². The van der Waals surface area contributed by atoms with Crippen LogP contribution in [0.5, 0.6) is 0 Å². The SMILES string of the molecule is COC1(c2nc(C(F)(F)F)cn2SF)CCOCC1. The van der Waals surface area contributed by atoms with Gasteiger partial charge in [-0.1, -0.05) is 0 Å². The minimum absolute atomic E-state index is 0.0712. The molecule has 1 aromatic heterocycles. The van der Waals surface area contributed by atoms with Gasteiger partial charge in [-0.15, -0.1) is 3.89 Å². The lowest BCUT2D eigenvalue weighted by atomic mass is 9.93. The van der Waals surface area contributed by atoms with E-state index >= 15 is 0 Å². The summed E-state index contributed by atoms with van der Waals surface area (Å²) in [5.74, 6) is -0.0712. The quantitative estimate of drug-likeness (QED) is 0.804. The molecular weight excluding hydrogens is 288 g/mol. The molecule has 0 N–H and O–H groups in total. The lowest BCUT2D eigenvalue weighted by Crippen LogP contribution is -2.37. The summed E-state index contributed by atoms with van der Waals surface area (Å²) >= 11 is -0.327.